The van der Waals surface area contributed by atoms with Crippen LogP contribution in [0.1, 0.15) is 39.2 Å². The number of anilines is 6. The number of fused-ring (bicyclic) bond motifs is 1. The van der Waals surface area contributed by atoms with Crippen molar-refractivity contribution >= 4 is 67.3 Å². The number of aromatic nitrogens is 5. The molecular formula is C34H46ClN11O3S. The normalized spacial score (nSPS) is 16.6. The molecule has 2 aliphatic heterocycles. The van der Waals surface area contributed by atoms with Crippen LogP contribution in [0.2, 0.25) is 5.02 Å². The van der Waals surface area contributed by atoms with Gasteiger partial charge in [-0.25, -0.2) is 13.4 Å². The van der Waals surface area contributed by atoms with Gasteiger partial charge in [-0.2, -0.15) is 9.97 Å². The second-order valence-corrected chi connectivity index (χ2v) is 16.0. The predicted octanol–water partition coefficient (Wildman–Crippen LogP) is 4.92. The van der Waals surface area contributed by atoms with E-state index < -0.39 is 15.3 Å². The number of ether oxygens (including phenoxy) is 1. The van der Waals surface area contributed by atoms with Crippen LogP contribution in [0.15, 0.2) is 36.8 Å². The number of sulfonamides is 1. The van der Waals surface area contributed by atoms with E-state index in [0.717, 1.165) is 69.9 Å². The van der Waals surface area contributed by atoms with E-state index in [2.05, 4.69) is 59.2 Å². The number of pyridine rings is 1. The first-order valence-corrected chi connectivity index (χ1v) is 18.9. The lowest BCUT2D eigenvalue weighted by atomic mass is 10.0. The van der Waals surface area contributed by atoms with Gasteiger partial charge in [0.25, 0.3) is 0 Å². The molecule has 268 valence electrons. The predicted molar refractivity (Wildman–Crippen MR) is 200 cm³/mol. The molecule has 1 aromatic carbocycles. The van der Waals surface area contributed by atoms with E-state index >= 15 is 0 Å². The molecule has 0 unspecified atom stereocenters. The molecule has 3 aromatic heterocycles. The zero-order valence-corrected chi connectivity index (χ0v) is 31.1. The van der Waals surface area contributed by atoms with Gasteiger partial charge in [-0.3, -0.25) is 19.2 Å². The van der Waals surface area contributed by atoms with E-state index in [1.807, 2.05) is 6.07 Å². The molecule has 0 bridgehead atoms. The van der Waals surface area contributed by atoms with Crippen LogP contribution < -0.4 is 24.6 Å². The molecule has 0 saturated carbocycles. The quantitative estimate of drug-likeness (QED) is 0.216. The summed E-state index contributed by atoms with van der Waals surface area (Å²) in [5.74, 6) is 1.90. The first-order chi connectivity index (χ1) is 24.0. The molecule has 2 N–H and O–H groups in total. The van der Waals surface area contributed by atoms with Crippen LogP contribution in [-0.4, -0.2) is 115 Å². The van der Waals surface area contributed by atoms with Gasteiger partial charge in [0.2, 0.25) is 21.9 Å². The van der Waals surface area contributed by atoms with Crippen molar-refractivity contribution in [1.29, 1.82) is 0 Å². The molecule has 14 nitrogen and oxygen atoms in total. The van der Waals surface area contributed by atoms with Crippen molar-refractivity contribution in [3.05, 3.63) is 47.4 Å². The number of hydrogen-bond donors (Lipinski definition) is 2. The van der Waals surface area contributed by atoms with Crippen molar-refractivity contribution in [2.45, 2.75) is 51.3 Å². The Hall–Kier alpha value is -4.05. The molecule has 2 fully saturated rings. The third-order valence-corrected chi connectivity index (χ3v) is 12.0. The van der Waals surface area contributed by atoms with Crippen LogP contribution >= 0.6 is 11.6 Å². The number of piperidine rings is 1. The SMILES string of the molecule is CCc1cc(Nc2ncc(Cl)c(Nc3ccc4nccnc4c3N(C)S(=O)(=O)C(C)C)n2)c(OC)nc1N1CCC(N2CCN(C)CC2)CC1. The van der Waals surface area contributed by atoms with Crippen molar-refractivity contribution in [3.63, 3.8) is 0 Å². The average Bonchev–Trinajstić information content (AvgIpc) is 3.12. The fraction of sp³-hybridized carbons (Fsp3) is 0.500. The number of rotatable bonds is 11. The summed E-state index contributed by atoms with van der Waals surface area (Å²) in [6, 6.07) is 6.15. The Morgan fingerprint density at radius 3 is 2.40 bits per heavy atom. The fourth-order valence-electron chi connectivity index (χ4n) is 6.59. The summed E-state index contributed by atoms with van der Waals surface area (Å²) in [5, 5.41) is 6.08. The Morgan fingerprint density at radius 1 is 1.00 bits per heavy atom. The second-order valence-electron chi connectivity index (χ2n) is 13.0. The standard InChI is InChI=1S/C34H46ClN11O3S/c1-7-23-20-28(33(49-6)42-32(23)46-14-10-24(11-15-46)45-18-16-43(4)17-19-45)40-34-38-21-25(35)31(41-34)39-27-9-8-26-29(37-13-12-36-26)30(27)44(5)50(47,48)22(2)3/h8-9,12-13,20-22,24H,7,10-11,14-19H2,1-6H3,(H2,38,39,40,41). The highest BCUT2D eigenvalue weighted by atomic mass is 35.5. The van der Waals surface area contributed by atoms with Gasteiger partial charge in [0.1, 0.15) is 27.7 Å². The number of benzene rings is 1. The van der Waals surface area contributed by atoms with E-state index in [4.69, 9.17) is 21.3 Å². The van der Waals surface area contributed by atoms with Gasteiger partial charge < -0.3 is 25.2 Å². The number of nitrogens with one attached hydrogen (secondary N) is 2. The van der Waals surface area contributed by atoms with Crippen LogP contribution in [0.4, 0.5) is 34.6 Å². The molecule has 6 rings (SSSR count). The number of nitrogens with zero attached hydrogens (tertiary/aromatic N) is 9. The highest BCUT2D eigenvalue weighted by molar-refractivity contribution is 7.93. The summed E-state index contributed by atoms with van der Waals surface area (Å²) in [5.41, 5.74) is 3.44. The van der Waals surface area contributed by atoms with Gasteiger partial charge in [0.05, 0.1) is 29.8 Å². The summed E-state index contributed by atoms with van der Waals surface area (Å²) in [6.07, 6.45) is 7.57. The summed E-state index contributed by atoms with van der Waals surface area (Å²) in [7, 11) is 1.59. The van der Waals surface area contributed by atoms with Crippen LogP contribution in [0.3, 0.4) is 0 Å². The third kappa shape index (κ3) is 7.36. The number of aryl methyl sites for hydroxylation is 1. The molecule has 4 aromatic rings. The van der Waals surface area contributed by atoms with Crippen LogP contribution in [0.25, 0.3) is 11.0 Å². The fourth-order valence-corrected chi connectivity index (χ4v) is 7.80. The van der Waals surface area contributed by atoms with Gasteiger partial charge in [-0.15, -0.1) is 0 Å². The Balaban J connectivity index is 1.25. The van der Waals surface area contributed by atoms with Crippen LogP contribution in [0, 0.1) is 0 Å². The van der Waals surface area contributed by atoms with E-state index in [-0.39, 0.29) is 16.8 Å². The van der Waals surface area contributed by atoms with Crippen LogP contribution in [-0.2, 0) is 16.4 Å². The number of halogens is 1. The van der Waals surface area contributed by atoms with E-state index in [1.165, 1.54) is 23.7 Å². The van der Waals surface area contributed by atoms with Gasteiger partial charge in [-0.05, 0) is 63.9 Å². The number of likely N-dealkylation sites (N-methyl/N-ethyl adjacent to an activating group) is 1. The molecule has 0 amide bonds. The minimum Gasteiger partial charge on any atom is -0.479 e. The van der Waals surface area contributed by atoms with Crippen LogP contribution in [0.5, 0.6) is 5.88 Å². The van der Waals surface area contributed by atoms with E-state index in [0.29, 0.717) is 40.0 Å². The van der Waals surface area contributed by atoms with E-state index in [9.17, 15) is 8.42 Å². The highest BCUT2D eigenvalue weighted by Gasteiger charge is 2.30. The molecule has 2 saturated heterocycles. The number of methoxy groups -OCH3 is 1. The molecule has 5 heterocycles. The Kier molecular flexibility index (Phi) is 10.8. The Morgan fingerprint density at radius 2 is 1.72 bits per heavy atom. The maximum atomic E-state index is 13.3. The molecule has 0 atom stereocenters. The topological polar surface area (TPSA) is 145 Å². The van der Waals surface area contributed by atoms with Crippen molar-refractivity contribution in [1.82, 2.24) is 34.7 Å². The first kappa shape index (κ1) is 35.8. The molecule has 16 heteroatoms. The Labute approximate surface area is 299 Å². The molecule has 0 spiro atoms. The minimum absolute atomic E-state index is 0.241. The van der Waals surface area contributed by atoms with Crippen molar-refractivity contribution < 1.29 is 13.2 Å². The summed E-state index contributed by atoms with van der Waals surface area (Å²) in [6.45, 7) is 11.8. The lowest BCUT2D eigenvalue weighted by molar-refractivity contribution is 0.0981. The summed E-state index contributed by atoms with van der Waals surface area (Å²) < 4.78 is 33.6. The van der Waals surface area contributed by atoms with Crippen molar-refractivity contribution in [2.75, 3.05) is 80.3 Å². The van der Waals surface area contributed by atoms with E-state index in [1.54, 1.807) is 39.3 Å². The third-order valence-electron chi connectivity index (χ3n) is 9.59. The maximum absolute atomic E-state index is 13.3. The maximum Gasteiger partial charge on any atom is 0.239 e. The smallest absolute Gasteiger partial charge is 0.239 e. The van der Waals surface area contributed by atoms with Gasteiger partial charge in [0, 0.05) is 64.8 Å². The molecule has 0 aliphatic carbocycles. The monoisotopic (exact) mass is 723 g/mol. The van der Waals surface area contributed by atoms with Gasteiger partial charge >= 0.3 is 0 Å². The molecular weight excluding hydrogens is 678 g/mol. The number of hydrogen-bond acceptors (Lipinski definition) is 13. The lowest BCUT2D eigenvalue weighted by Gasteiger charge is -2.42. The molecule has 0 radical (unpaired) electrons. The average molecular weight is 724 g/mol. The largest absolute Gasteiger partial charge is 0.479 e. The lowest BCUT2D eigenvalue weighted by Crippen LogP contribution is -2.52. The summed E-state index contributed by atoms with van der Waals surface area (Å²) in [4.78, 5) is 30.3. The highest BCUT2D eigenvalue weighted by Crippen LogP contribution is 2.38. The Bertz CT molecular complexity index is 1930. The second kappa shape index (κ2) is 15.1. The number of piperazine rings is 1. The zero-order chi connectivity index (χ0) is 35.6. The molecule has 2 aliphatic rings. The summed E-state index contributed by atoms with van der Waals surface area (Å²) >= 11 is 6.60. The first-order valence-electron chi connectivity index (χ1n) is 17.0. The van der Waals surface area contributed by atoms with Crippen molar-refractivity contribution in [3.8, 4) is 5.88 Å². The molecule has 50 heavy (non-hydrogen) atoms. The van der Waals surface area contributed by atoms with Gasteiger partial charge in [-0.1, -0.05) is 18.5 Å². The zero-order valence-electron chi connectivity index (χ0n) is 29.5. The van der Waals surface area contributed by atoms with Gasteiger partial charge in [0.15, 0.2) is 5.82 Å². The van der Waals surface area contributed by atoms with Crippen molar-refractivity contribution in [2.24, 2.45) is 0 Å². The minimum atomic E-state index is -3.71.